The number of carboxylic acids is 3. The molecule has 2 atom stereocenters. The van der Waals surface area contributed by atoms with E-state index in [1.165, 1.54) is 7.05 Å². The van der Waals surface area contributed by atoms with E-state index in [0.717, 1.165) is 23.4 Å². The summed E-state index contributed by atoms with van der Waals surface area (Å²) in [6.45, 7) is 0.268. The topological polar surface area (TPSA) is 204 Å². The van der Waals surface area contributed by atoms with E-state index in [2.05, 4.69) is 20.9 Å². The normalized spacial score (nSPS) is 12.2. The molecule has 0 aliphatic rings. The molecule has 230 valence electrons. The number of halogens is 1. The fourth-order valence-electron chi connectivity index (χ4n) is 4.02. The molecule has 0 radical (unpaired) electrons. The number of carbonyl (C=O) groups is 5. The first kappa shape index (κ1) is 33.6. The van der Waals surface area contributed by atoms with Crippen molar-refractivity contribution in [2.75, 3.05) is 19.0 Å². The largest absolute Gasteiger partial charge is 0.481 e. The Kier molecular flexibility index (Phi) is 13.9. The summed E-state index contributed by atoms with van der Waals surface area (Å²) in [6, 6.07) is 2.67. The number of aliphatic carboxylic acids is 3. The monoisotopic (exact) mass is 592 g/mol. The molecule has 5 N–H and O–H groups in total. The van der Waals surface area contributed by atoms with Gasteiger partial charge in [-0.3, -0.25) is 18.7 Å². The maximum Gasteiger partial charge on any atom is 0.326 e. The summed E-state index contributed by atoms with van der Waals surface area (Å²) in [5, 5.41) is 40.6. The zero-order valence-electron chi connectivity index (χ0n) is 23.4. The van der Waals surface area contributed by atoms with Crippen LogP contribution >= 0.6 is 0 Å². The average Bonchev–Trinajstić information content (AvgIpc) is 3.40. The maximum absolute atomic E-state index is 12.5. The van der Waals surface area contributed by atoms with Crippen LogP contribution in [0.1, 0.15) is 56.2 Å². The number of hydrogen-bond donors (Lipinski definition) is 5. The molecular weight excluding hydrogens is 555 g/mol. The van der Waals surface area contributed by atoms with Crippen LogP contribution in [-0.4, -0.2) is 90.9 Å². The van der Waals surface area contributed by atoms with Gasteiger partial charge in [-0.15, -0.1) is 5.10 Å². The lowest BCUT2D eigenvalue weighted by atomic mass is 10.0. The minimum absolute atomic E-state index is 0.0938. The highest BCUT2D eigenvalue weighted by Gasteiger charge is 2.30. The standard InChI is InChI=1S/C27H37FN6O8/c1-33(27(42)30-21(25(38)39)12-13-24(36)37)22(26(40)41)16-18-8-10-19(11-9-18)29-23(35)7-3-2-4-15-34-17-20(31-32-34)6-5-14-28/h8-11,17,21-22H,2-7,12-16H2,1H3,(H,29,35)(H,30,42)(H,36,37)(H,38,39)(H,40,41). The van der Waals surface area contributed by atoms with Crippen LogP contribution in [0.15, 0.2) is 30.5 Å². The highest BCUT2D eigenvalue weighted by atomic mass is 19.1. The second-order valence-corrected chi connectivity index (χ2v) is 9.76. The van der Waals surface area contributed by atoms with Gasteiger partial charge in [-0.2, -0.15) is 0 Å². The molecule has 1 aromatic heterocycles. The Morgan fingerprint density at radius 1 is 0.976 bits per heavy atom. The molecule has 14 nitrogen and oxygen atoms in total. The number of anilines is 1. The third-order valence-corrected chi connectivity index (χ3v) is 6.43. The molecule has 2 unspecified atom stereocenters. The smallest absolute Gasteiger partial charge is 0.326 e. The molecule has 2 aromatic rings. The fourth-order valence-corrected chi connectivity index (χ4v) is 4.02. The first-order valence-electron chi connectivity index (χ1n) is 13.5. The number of benzene rings is 1. The highest BCUT2D eigenvalue weighted by molar-refractivity contribution is 5.90. The minimum atomic E-state index is -1.49. The van der Waals surface area contributed by atoms with Crippen molar-refractivity contribution in [1.29, 1.82) is 0 Å². The number of aryl methyl sites for hydroxylation is 2. The lowest BCUT2D eigenvalue weighted by molar-refractivity contribution is -0.142. The van der Waals surface area contributed by atoms with Crippen LogP contribution < -0.4 is 10.6 Å². The molecule has 0 saturated carbocycles. The first-order valence-corrected chi connectivity index (χ1v) is 13.5. The zero-order valence-corrected chi connectivity index (χ0v) is 23.4. The van der Waals surface area contributed by atoms with Crippen molar-refractivity contribution in [2.24, 2.45) is 0 Å². The number of nitrogens with zero attached hydrogens (tertiary/aromatic N) is 4. The number of alkyl halides is 1. The van der Waals surface area contributed by atoms with Gasteiger partial charge in [0.15, 0.2) is 0 Å². The number of unbranched alkanes of at least 4 members (excludes halogenated alkanes) is 2. The van der Waals surface area contributed by atoms with Gasteiger partial charge in [0, 0.05) is 44.7 Å². The van der Waals surface area contributed by atoms with Crippen LogP contribution in [0.25, 0.3) is 0 Å². The molecule has 15 heteroatoms. The van der Waals surface area contributed by atoms with Crippen molar-refractivity contribution < 1.29 is 43.7 Å². The van der Waals surface area contributed by atoms with Crippen LogP contribution in [-0.2, 0) is 38.6 Å². The lowest BCUT2D eigenvalue weighted by Crippen LogP contribution is -2.52. The number of likely N-dealkylation sites (N-methyl/N-ethyl adjacent to an activating group) is 1. The van der Waals surface area contributed by atoms with Crippen LogP contribution in [0.3, 0.4) is 0 Å². The first-order chi connectivity index (χ1) is 20.0. The van der Waals surface area contributed by atoms with Gasteiger partial charge in [0.2, 0.25) is 5.91 Å². The van der Waals surface area contributed by atoms with E-state index in [1.807, 2.05) is 0 Å². The summed E-state index contributed by atoms with van der Waals surface area (Å²) in [4.78, 5) is 59.7. The van der Waals surface area contributed by atoms with E-state index in [1.54, 1.807) is 35.1 Å². The molecule has 0 aliphatic heterocycles. The number of urea groups is 1. The van der Waals surface area contributed by atoms with Gasteiger partial charge in [0.1, 0.15) is 12.1 Å². The van der Waals surface area contributed by atoms with Gasteiger partial charge >= 0.3 is 23.9 Å². The molecule has 0 spiro atoms. The van der Waals surface area contributed by atoms with E-state index in [4.69, 9.17) is 5.11 Å². The second-order valence-electron chi connectivity index (χ2n) is 9.76. The van der Waals surface area contributed by atoms with E-state index in [0.29, 0.717) is 43.5 Å². The van der Waals surface area contributed by atoms with Crippen LogP contribution in [0, 0.1) is 0 Å². The molecule has 0 aliphatic carbocycles. The zero-order chi connectivity index (χ0) is 31.1. The van der Waals surface area contributed by atoms with Gasteiger partial charge in [0.25, 0.3) is 0 Å². The Hall–Kier alpha value is -4.56. The predicted octanol–water partition coefficient (Wildman–Crippen LogP) is 2.33. The Morgan fingerprint density at radius 2 is 1.69 bits per heavy atom. The van der Waals surface area contributed by atoms with E-state index in [9.17, 15) is 38.6 Å². The summed E-state index contributed by atoms with van der Waals surface area (Å²) in [6.07, 6.45) is 4.43. The van der Waals surface area contributed by atoms with E-state index in [-0.39, 0.29) is 25.4 Å². The summed E-state index contributed by atoms with van der Waals surface area (Å²) in [5.41, 5.74) is 1.84. The van der Waals surface area contributed by atoms with Gasteiger partial charge in [-0.1, -0.05) is 23.8 Å². The van der Waals surface area contributed by atoms with Crippen molar-refractivity contribution in [3.05, 3.63) is 41.7 Å². The number of amides is 3. The predicted molar refractivity (Wildman–Crippen MR) is 148 cm³/mol. The molecule has 1 heterocycles. The Bertz CT molecular complexity index is 1210. The maximum atomic E-state index is 12.5. The van der Waals surface area contributed by atoms with Crippen molar-refractivity contribution in [2.45, 2.75) is 76.4 Å². The summed E-state index contributed by atoms with van der Waals surface area (Å²) < 4.78 is 14.0. The van der Waals surface area contributed by atoms with E-state index < -0.39 is 42.4 Å². The molecule has 0 saturated heterocycles. The molecule has 2 rings (SSSR count). The molecule has 3 amide bonds. The number of carbonyl (C=O) groups excluding carboxylic acids is 2. The van der Waals surface area contributed by atoms with Gasteiger partial charge in [0.05, 0.1) is 12.4 Å². The number of rotatable bonds is 19. The average molecular weight is 593 g/mol. The van der Waals surface area contributed by atoms with Gasteiger partial charge in [-0.05, 0) is 49.8 Å². The minimum Gasteiger partial charge on any atom is -0.481 e. The molecule has 0 bridgehead atoms. The quantitative estimate of drug-likeness (QED) is 0.151. The van der Waals surface area contributed by atoms with Crippen LogP contribution in [0.4, 0.5) is 14.9 Å². The SMILES string of the molecule is CN(C(=O)NC(CCC(=O)O)C(=O)O)C(Cc1ccc(NC(=O)CCCCCn2cc(CCCF)nn2)cc1)C(=O)O. The lowest BCUT2D eigenvalue weighted by Gasteiger charge is -2.27. The van der Waals surface area contributed by atoms with Crippen molar-refractivity contribution in [1.82, 2.24) is 25.2 Å². The number of nitrogens with one attached hydrogen (secondary N) is 2. The number of carboxylic acid groups (broad SMARTS) is 3. The summed E-state index contributed by atoms with van der Waals surface area (Å²) in [5.74, 6) is -4.15. The van der Waals surface area contributed by atoms with Crippen molar-refractivity contribution in [3.8, 4) is 0 Å². The second kappa shape index (κ2) is 17.3. The van der Waals surface area contributed by atoms with E-state index >= 15 is 0 Å². The molecule has 42 heavy (non-hydrogen) atoms. The van der Waals surface area contributed by atoms with Gasteiger partial charge < -0.3 is 30.9 Å². The highest BCUT2D eigenvalue weighted by Crippen LogP contribution is 2.15. The number of hydrogen-bond acceptors (Lipinski definition) is 7. The third kappa shape index (κ3) is 11.9. The van der Waals surface area contributed by atoms with Crippen molar-refractivity contribution >= 4 is 35.5 Å². The Morgan fingerprint density at radius 3 is 2.31 bits per heavy atom. The molecular formula is C27H37FN6O8. The summed E-state index contributed by atoms with van der Waals surface area (Å²) in [7, 11) is 1.21. The third-order valence-electron chi connectivity index (χ3n) is 6.43. The molecule has 1 aromatic carbocycles. The fraction of sp³-hybridized carbons (Fsp3) is 0.519. The summed E-state index contributed by atoms with van der Waals surface area (Å²) >= 11 is 0. The van der Waals surface area contributed by atoms with Crippen LogP contribution in [0.5, 0.6) is 0 Å². The van der Waals surface area contributed by atoms with Gasteiger partial charge in [-0.25, -0.2) is 14.4 Å². The Labute approximate surface area is 241 Å². The number of aromatic nitrogens is 3. The Balaban J connectivity index is 1.80. The molecule has 0 fully saturated rings. The van der Waals surface area contributed by atoms with Crippen molar-refractivity contribution in [3.63, 3.8) is 0 Å². The van der Waals surface area contributed by atoms with Crippen LogP contribution in [0.2, 0.25) is 0 Å².